The van der Waals surface area contributed by atoms with Crippen LogP contribution < -0.4 is 5.32 Å². The monoisotopic (exact) mass is 638 g/mol. The normalized spacial score (nSPS) is 18.0. The second kappa shape index (κ2) is 12.9. The summed E-state index contributed by atoms with van der Waals surface area (Å²) in [6, 6.07) is 10.7. The number of carbonyl (C=O) groups excluding carboxylic acids is 1. The van der Waals surface area contributed by atoms with Crippen LogP contribution in [0.5, 0.6) is 0 Å². The molecular weight excluding hydrogens is 601 g/mol. The van der Waals surface area contributed by atoms with E-state index in [1.807, 2.05) is 6.07 Å². The first-order chi connectivity index (χ1) is 21.6. The Hall–Kier alpha value is -3.73. The molecule has 0 radical (unpaired) electrons. The minimum absolute atomic E-state index is 0.171. The summed E-state index contributed by atoms with van der Waals surface area (Å²) in [5.41, 5.74) is 4.15. The van der Waals surface area contributed by atoms with E-state index in [2.05, 4.69) is 61.7 Å². The van der Waals surface area contributed by atoms with Crippen LogP contribution in [0.2, 0.25) is 0 Å². The molecule has 0 bridgehead atoms. The second-order valence-corrected chi connectivity index (χ2v) is 13.3. The number of anilines is 1. The Kier molecular flexibility index (Phi) is 8.99. The van der Waals surface area contributed by atoms with Crippen LogP contribution in [-0.4, -0.2) is 93.2 Å². The molecule has 0 spiro atoms. The summed E-state index contributed by atoms with van der Waals surface area (Å²) < 4.78 is 40.9. The number of nitrogens with zero attached hydrogens (tertiary/aromatic N) is 7. The van der Waals surface area contributed by atoms with E-state index < -0.39 is 12.6 Å². The molecule has 1 N–H and O–H groups in total. The third-order valence-corrected chi connectivity index (χ3v) is 10.3. The zero-order chi connectivity index (χ0) is 31.7. The van der Waals surface area contributed by atoms with E-state index in [1.54, 1.807) is 11.0 Å². The van der Waals surface area contributed by atoms with E-state index in [1.165, 1.54) is 17.5 Å². The lowest BCUT2D eigenvalue weighted by molar-refractivity contribution is -0.126. The van der Waals surface area contributed by atoms with Crippen LogP contribution in [0.1, 0.15) is 41.5 Å². The van der Waals surface area contributed by atoms with Gasteiger partial charge in [0.05, 0.1) is 11.8 Å². The summed E-state index contributed by atoms with van der Waals surface area (Å²) in [5.74, 6) is 0.597. The first-order valence-electron chi connectivity index (χ1n) is 15.4. The van der Waals surface area contributed by atoms with Gasteiger partial charge in [0.1, 0.15) is 28.7 Å². The van der Waals surface area contributed by atoms with Crippen LogP contribution in [-0.2, 0) is 24.3 Å². The van der Waals surface area contributed by atoms with Gasteiger partial charge in [-0.15, -0.1) is 11.3 Å². The molecule has 9 nitrogen and oxygen atoms in total. The molecular formula is C32H37F3N8OS. The fraction of sp³-hybridized carbons (Fsp3) is 0.500. The molecule has 1 amide bonds. The second-order valence-electron chi connectivity index (χ2n) is 12.2. The Balaban J connectivity index is 1.09. The van der Waals surface area contributed by atoms with Gasteiger partial charge in [-0.05, 0) is 56.0 Å². The highest BCUT2D eigenvalue weighted by Crippen LogP contribution is 2.33. The molecule has 2 aliphatic rings. The highest BCUT2D eigenvalue weighted by Gasteiger charge is 2.29. The van der Waals surface area contributed by atoms with E-state index in [0.717, 1.165) is 87.3 Å². The number of rotatable bonds is 9. The van der Waals surface area contributed by atoms with Crippen LogP contribution in [0.4, 0.5) is 19.0 Å². The number of piperazine rings is 1. The molecule has 2 aliphatic heterocycles. The molecule has 6 rings (SSSR count). The first-order valence-corrected chi connectivity index (χ1v) is 16.2. The fourth-order valence-corrected chi connectivity index (χ4v) is 7.65. The first kappa shape index (κ1) is 31.3. The van der Waals surface area contributed by atoms with Gasteiger partial charge in [0.25, 0.3) is 0 Å². The maximum Gasteiger partial charge on any atom is 0.393 e. The Labute approximate surface area is 264 Å². The number of nitrogens with one attached hydrogen (secondary N) is 1. The van der Waals surface area contributed by atoms with Crippen molar-refractivity contribution in [3.05, 3.63) is 52.3 Å². The van der Waals surface area contributed by atoms with Gasteiger partial charge < -0.3 is 14.8 Å². The van der Waals surface area contributed by atoms with Gasteiger partial charge in [-0.3, -0.25) is 14.6 Å². The SMILES string of the molecule is Cc1c(CN2CCC(Nc3ncnc4sc(CC(F)(F)F)cc34)CC2)ccc2c1cc(C#N)n2C[C@H](C)N1CCN(C=O)CC1. The minimum Gasteiger partial charge on any atom is -0.367 e. The summed E-state index contributed by atoms with van der Waals surface area (Å²) in [6.45, 7) is 10.7. The maximum absolute atomic E-state index is 12.9. The van der Waals surface area contributed by atoms with Crippen molar-refractivity contribution in [2.24, 2.45) is 0 Å². The largest absolute Gasteiger partial charge is 0.393 e. The zero-order valence-electron chi connectivity index (χ0n) is 25.5. The quantitative estimate of drug-likeness (QED) is 0.253. The Bertz CT molecular complexity index is 1710. The average Bonchev–Trinajstić information content (AvgIpc) is 3.60. The lowest BCUT2D eigenvalue weighted by atomic mass is 10.0. The number of aryl methyl sites for hydroxylation is 1. The van der Waals surface area contributed by atoms with Gasteiger partial charge in [0.2, 0.25) is 6.41 Å². The van der Waals surface area contributed by atoms with Gasteiger partial charge in [-0.2, -0.15) is 18.4 Å². The van der Waals surface area contributed by atoms with Crippen molar-refractivity contribution in [2.45, 2.75) is 64.5 Å². The fourth-order valence-electron chi connectivity index (χ4n) is 6.62. The van der Waals surface area contributed by atoms with Crippen LogP contribution >= 0.6 is 11.3 Å². The number of aromatic nitrogens is 3. The van der Waals surface area contributed by atoms with Crippen LogP contribution in [0.25, 0.3) is 21.1 Å². The van der Waals surface area contributed by atoms with Crippen LogP contribution in [0.3, 0.4) is 0 Å². The Morgan fingerprint density at radius 3 is 2.56 bits per heavy atom. The van der Waals surface area contributed by atoms with Gasteiger partial charge >= 0.3 is 6.18 Å². The molecule has 0 unspecified atom stereocenters. The van der Waals surface area contributed by atoms with E-state index in [9.17, 15) is 23.2 Å². The predicted molar refractivity (Wildman–Crippen MR) is 169 cm³/mol. The van der Waals surface area contributed by atoms with Gasteiger partial charge in [-0.25, -0.2) is 9.97 Å². The molecule has 2 saturated heterocycles. The topological polar surface area (TPSA) is 93.3 Å². The van der Waals surface area contributed by atoms with Gasteiger partial charge in [-0.1, -0.05) is 6.07 Å². The smallest absolute Gasteiger partial charge is 0.367 e. The van der Waals surface area contributed by atoms with Crippen LogP contribution in [0, 0.1) is 18.3 Å². The summed E-state index contributed by atoms with van der Waals surface area (Å²) in [5, 5.41) is 15.2. The summed E-state index contributed by atoms with van der Waals surface area (Å²) >= 11 is 1.06. The zero-order valence-corrected chi connectivity index (χ0v) is 26.3. The van der Waals surface area contributed by atoms with Gasteiger partial charge in [0, 0.05) is 80.2 Å². The van der Waals surface area contributed by atoms with Crippen molar-refractivity contribution in [3.8, 4) is 6.07 Å². The van der Waals surface area contributed by atoms with E-state index in [0.29, 0.717) is 28.3 Å². The molecule has 13 heteroatoms. The predicted octanol–water partition coefficient (Wildman–Crippen LogP) is 5.17. The molecule has 5 heterocycles. The molecule has 4 aromatic rings. The number of likely N-dealkylation sites (tertiary alicyclic amines) is 1. The molecule has 3 aromatic heterocycles. The molecule has 0 aliphatic carbocycles. The number of alkyl halides is 3. The summed E-state index contributed by atoms with van der Waals surface area (Å²) in [6.07, 6.45) is -1.11. The number of carbonyl (C=O) groups is 1. The molecule has 1 atom stereocenters. The van der Waals surface area contributed by atoms with Crippen LogP contribution in [0.15, 0.2) is 30.6 Å². The molecule has 1 aromatic carbocycles. The third kappa shape index (κ3) is 6.93. The Morgan fingerprint density at radius 2 is 1.87 bits per heavy atom. The number of nitriles is 1. The van der Waals surface area contributed by atoms with Crippen molar-refractivity contribution < 1.29 is 18.0 Å². The number of halogens is 3. The number of hydrogen-bond acceptors (Lipinski definition) is 8. The number of fused-ring (bicyclic) bond motifs is 2. The lowest BCUT2D eigenvalue weighted by Gasteiger charge is -2.36. The number of amides is 1. The number of hydrogen-bond donors (Lipinski definition) is 1. The van der Waals surface area contributed by atoms with Crippen molar-refractivity contribution in [3.63, 3.8) is 0 Å². The van der Waals surface area contributed by atoms with E-state index in [-0.39, 0.29) is 17.0 Å². The van der Waals surface area contributed by atoms with E-state index >= 15 is 0 Å². The third-order valence-electron chi connectivity index (χ3n) is 9.23. The van der Waals surface area contributed by atoms with Crippen molar-refractivity contribution in [1.82, 2.24) is 29.2 Å². The molecule has 2 fully saturated rings. The lowest BCUT2D eigenvalue weighted by Crippen LogP contribution is -2.50. The minimum atomic E-state index is -4.26. The van der Waals surface area contributed by atoms with Crippen molar-refractivity contribution in [1.29, 1.82) is 5.26 Å². The average molecular weight is 639 g/mol. The summed E-state index contributed by atoms with van der Waals surface area (Å²) in [7, 11) is 0. The van der Waals surface area contributed by atoms with Gasteiger partial charge in [0.15, 0.2) is 0 Å². The number of piperidine rings is 1. The number of thiophene rings is 1. The summed E-state index contributed by atoms with van der Waals surface area (Å²) in [4.78, 5) is 27.0. The van der Waals surface area contributed by atoms with Crippen molar-refractivity contribution >= 4 is 44.7 Å². The highest BCUT2D eigenvalue weighted by atomic mass is 32.1. The number of benzene rings is 1. The Morgan fingerprint density at radius 1 is 1.11 bits per heavy atom. The molecule has 0 saturated carbocycles. The van der Waals surface area contributed by atoms with Crippen molar-refractivity contribution in [2.75, 3.05) is 44.6 Å². The molecule has 45 heavy (non-hydrogen) atoms. The maximum atomic E-state index is 12.9. The molecule has 238 valence electrons. The van der Waals surface area contributed by atoms with E-state index in [4.69, 9.17) is 0 Å². The standard InChI is InChI=1S/C32H37F3N8OS/c1-21(42-11-9-41(20-44)10-12-42)17-43-25(16-36)13-27-22(2)23(3-4-29(27)43)18-40-7-5-24(6-8-40)39-30-28-14-26(15-32(33,34)35)45-31(28)38-19-37-30/h3-4,13-14,19-21,24H,5-12,15,17-18H2,1-2H3,(H,37,38,39)/t21-/m0/s1. The highest BCUT2D eigenvalue weighted by molar-refractivity contribution is 7.18.